The molecule has 0 aromatic carbocycles. The Labute approximate surface area is 61.7 Å². The summed E-state index contributed by atoms with van der Waals surface area (Å²) in [5.41, 5.74) is 0.845. The van der Waals surface area contributed by atoms with Crippen LogP contribution in [0.1, 0.15) is 13.8 Å². The van der Waals surface area contributed by atoms with Crippen LogP contribution in [0.3, 0.4) is 0 Å². The second-order valence-corrected chi connectivity index (χ2v) is 2.70. The Balaban J connectivity index is 4.23. The van der Waals surface area contributed by atoms with Crippen LogP contribution in [0.5, 0.6) is 0 Å². The average molecular weight is 226 g/mol. The summed E-state index contributed by atoms with van der Waals surface area (Å²) >= 11 is 1.80. The zero-order valence-corrected chi connectivity index (χ0v) is 6.89. The lowest BCUT2D eigenvalue weighted by Gasteiger charge is -1.90. The van der Waals surface area contributed by atoms with Crippen LogP contribution in [0.4, 0.5) is 0 Å². The van der Waals surface area contributed by atoms with Crippen molar-refractivity contribution in [3.05, 3.63) is 9.15 Å². The number of halogens is 1. The van der Waals surface area contributed by atoms with Gasteiger partial charge in [0.25, 0.3) is 0 Å². The molecule has 0 unspecified atom stereocenters. The van der Waals surface area contributed by atoms with E-state index in [0.29, 0.717) is 3.58 Å². The summed E-state index contributed by atoms with van der Waals surface area (Å²) in [6.45, 7) is 3.55. The zero-order chi connectivity index (χ0) is 6.73. The van der Waals surface area contributed by atoms with E-state index in [1.165, 1.54) is 0 Å². The first kappa shape index (κ1) is 7.94. The Morgan fingerprint density at radius 3 is 1.88 bits per heavy atom. The summed E-state index contributed by atoms with van der Waals surface area (Å²) < 4.78 is 0.405. The fourth-order valence-electron chi connectivity index (χ4n) is 0.214. The summed E-state index contributed by atoms with van der Waals surface area (Å²) in [5.74, 6) is -0.842. The molecule has 0 heterocycles. The van der Waals surface area contributed by atoms with Crippen molar-refractivity contribution in [2.24, 2.45) is 0 Å². The van der Waals surface area contributed by atoms with Crippen LogP contribution in [0.25, 0.3) is 0 Å². The van der Waals surface area contributed by atoms with Gasteiger partial charge in [0, 0.05) is 0 Å². The largest absolute Gasteiger partial charge is 0.477 e. The lowest BCUT2D eigenvalue weighted by molar-refractivity contribution is -0.131. The highest BCUT2D eigenvalue weighted by Crippen LogP contribution is 2.10. The van der Waals surface area contributed by atoms with Crippen molar-refractivity contribution >= 4 is 28.6 Å². The van der Waals surface area contributed by atoms with Crippen molar-refractivity contribution in [2.45, 2.75) is 13.8 Å². The van der Waals surface area contributed by atoms with Crippen LogP contribution in [-0.4, -0.2) is 11.1 Å². The number of carboxylic acid groups (broad SMARTS) is 1. The van der Waals surface area contributed by atoms with Crippen LogP contribution in [0.2, 0.25) is 0 Å². The smallest absolute Gasteiger partial charge is 0.341 e. The highest BCUT2D eigenvalue weighted by atomic mass is 127. The van der Waals surface area contributed by atoms with Crippen LogP contribution in [0, 0.1) is 0 Å². The molecule has 8 heavy (non-hydrogen) atoms. The van der Waals surface area contributed by atoms with E-state index in [2.05, 4.69) is 0 Å². The topological polar surface area (TPSA) is 37.3 Å². The van der Waals surface area contributed by atoms with E-state index in [-0.39, 0.29) is 0 Å². The van der Waals surface area contributed by atoms with Gasteiger partial charge in [0.15, 0.2) is 0 Å². The Kier molecular flexibility index (Phi) is 3.04. The maximum absolute atomic E-state index is 10.1. The molecule has 0 bridgehead atoms. The molecule has 0 saturated heterocycles. The lowest BCUT2D eigenvalue weighted by Crippen LogP contribution is -1.94. The minimum Gasteiger partial charge on any atom is -0.477 e. The number of allylic oxidation sites excluding steroid dienone is 1. The zero-order valence-electron chi connectivity index (χ0n) is 4.73. The van der Waals surface area contributed by atoms with Gasteiger partial charge in [-0.3, -0.25) is 0 Å². The third-order valence-corrected chi connectivity index (χ3v) is 2.17. The van der Waals surface area contributed by atoms with E-state index in [1.807, 2.05) is 0 Å². The van der Waals surface area contributed by atoms with Crippen molar-refractivity contribution in [1.29, 1.82) is 0 Å². The second kappa shape index (κ2) is 3.06. The average Bonchev–Trinajstić information content (AvgIpc) is 1.64. The van der Waals surface area contributed by atoms with Gasteiger partial charge in [-0.1, -0.05) is 5.57 Å². The Morgan fingerprint density at radius 1 is 1.50 bits per heavy atom. The van der Waals surface area contributed by atoms with Crippen LogP contribution in [0.15, 0.2) is 9.15 Å². The summed E-state index contributed by atoms with van der Waals surface area (Å²) in [7, 11) is 0. The predicted molar refractivity (Wildman–Crippen MR) is 40.0 cm³/mol. The lowest BCUT2D eigenvalue weighted by atomic mass is 10.3. The molecule has 3 heteroatoms. The molecule has 0 spiro atoms. The van der Waals surface area contributed by atoms with Gasteiger partial charge < -0.3 is 5.11 Å². The maximum atomic E-state index is 10.1. The minimum atomic E-state index is -0.842. The molecule has 46 valence electrons. The Hall–Kier alpha value is -0.0600. The van der Waals surface area contributed by atoms with E-state index < -0.39 is 5.97 Å². The van der Waals surface area contributed by atoms with Gasteiger partial charge in [-0.25, -0.2) is 4.79 Å². The SMILES string of the molecule is CC(C)=C(I)C(=O)O. The van der Waals surface area contributed by atoms with E-state index in [4.69, 9.17) is 5.11 Å². The van der Waals surface area contributed by atoms with Crippen LogP contribution in [-0.2, 0) is 4.79 Å². The Bertz CT molecular complexity index is 133. The number of carbonyl (C=O) groups is 1. The van der Waals surface area contributed by atoms with Crippen molar-refractivity contribution in [3.63, 3.8) is 0 Å². The number of carboxylic acids is 1. The van der Waals surface area contributed by atoms with Gasteiger partial charge in [0.05, 0.1) is 3.58 Å². The normalized spacial score (nSPS) is 8.38. The van der Waals surface area contributed by atoms with Gasteiger partial charge >= 0.3 is 5.97 Å². The van der Waals surface area contributed by atoms with Gasteiger partial charge in [-0.05, 0) is 36.4 Å². The molecule has 0 saturated carbocycles. The van der Waals surface area contributed by atoms with E-state index in [0.717, 1.165) is 5.57 Å². The fraction of sp³-hybridized carbons (Fsp3) is 0.400. The molecule has 2 nitrogen and oxygen atoms in total. The molecule has 0 amide bonds. The minimum absolute atomic E-state index is 0.405. The van der Waals surface area contributed by atoms with E-state index >= 15 is 0 Å². The number of hydrogen-bond acceptors (Lipinski definition) is 1. The molecule has 0 aliphatic heterocycles. The van der Waals surface area contributed by atoms with Crippen LogP contribution >= 0.6 is 22.6 Å². The second-order valence-electron chi connectivity index (χ2n) is 1.62. The molecule has 0 rings (SSSR count). The van der Waals surface area contributed by atoms with E-state index in [9.17, 15) is 4.79 Å². The van der Waals surface area contributed by atoms with Gasteiger partial charge in [0.2, 0.25) is 0 Å². The third kappa shape index (κ3) is 2.30. The predicted octanol–water partition coefficient (Wildman–Crippen LogP) is 1.80. The molecule has 0 aliphatic rings. The highest BCUT2D eigenvalue weighted by Gasteiger charge is 2.01. The van der Waals surface area contributed by atoms with Crippen molar-refractivity contribution in [1.82, 2.24) is 0 Å². The molecule has 1 N–H and O–H groups in total. The molecule has 0 aromatic heterocycles. The van der Waals surface area contributed by atoms with Crippen molar-refractivity contribution in [3.8, 4) is 0 Å². The summed E-state index contributed by atoms with van der Waals surface area (Å²) in [6.07, 6.45) is 0. The molecule has 0 aliphatic carbocycles. The molecular weight excluding hydrogens is 219 g/mol. The highest BCUT2D eigenvalue weighted by molar-refractivity contribution is 14.1. The monoisotopic (exact) mass is 226 g/mol. The molecule has 0 aromatic rings. The maximum Gasteiger partial charge on any atom is 0.341 e. The Morgan fingerprint density at radius 2 is 1.88 bits per heavy atom. The standard InChI is InChI=1S/C5H7IO2/c1-3(2)4(6)5(7)8/h1-2H3,(H,7,8). The number of aliphatic carboxylic acids is 1. The summed E-state index contributed by atoms with van der Waals surface area (Å²) in [6, 6.07) is 0. The first-order valence-electron chi connectivity index (χ1n) is 2.12. The summed E-state index contributed by atoms with van der Waals surface area (Å²) in [5, 5.41) is 8.29. The molecule has 0 atom stereocenters. The van der Waals surface area contributed by atoms with Crippen LogP contribution < -0.4 is 0 Å². The number of hydrogen-bond donors (Lipinski definition) is 1. The molecule has 0 radical (unpaired) electrons. The first-order valence-corrected chi connectivity index (χ1v) is 3.20. The fourth-order valence-corrected chi connectivity index (χ4v) is 0.214. The van der Waals surface area contributed by atoms with Crippen molar-refractivity contribution in [2.75, 3.05) is 0 Å². The van der Waals surface area contributed by atoms with Gasteiger partial charge in [-0.15, -0.1) is 0 Å². The molecular formula is C5H7IO2. The van der Waals surface area contributed by atoms with Gasteiger partial charge in [-0.2, -0.15) is 0 Å². The first-order chi connectivity index (χ1) is 3.55. The quantitative estimate of drug-likeness (QED) is 0.546. The van der Waals surface area contributed by atoms with Crippen molar-refractivity contribution < 1.29 is 9.90 Å². The third-order valence-electron chi connectivity index (χ3n) is 0.627. The summed E-state index contributed by atoms with van der Waals surface area (Å²) in [4.78, 5) is 10.1. The number of rotatable bonds is 1. The van der Waals surface area contributed by atoms with E-state index in [1.54, 1.807) is 36.4 Å². The van der Waals surface area contributed by atoms with Gasteiger partial charge in [0.1, 0.15) is 0 Å². The molecule has 0 fully saturated rings.